The van der Waals surface area contributed by atoms with Crippen LogP contribution in [-0.2, 0) is 0 Å². The van der Waals surface area contributed by atoms with Gasteiger partial charge in [-0.2, -0.15) is 0 Å². The summed E-state index contributed by atoms with van der Waals surface area (Å²) in [5.41, 5.74) is 4.84. The minimum atomic E-state index is -0.175. The Morgan fingerprint density at radius 3 is 2.90 bits per heavy atom. The van der Waals surface area contributed by atoms with Crippen LogP contribution in [-0.4, -0.2) is 22.6 Å². The van der Waals surface area contributed by atoms with Crippen LogP contribution in [0.1, 0.15) is 32.9 Å². The topological polar surface area (TPSA) is 62.2 Å². The second kappa shape index (κ2) is 7.02. The van der Waals surface area contributed by atoms with Gasteiger partial charge in [0.05, 0.1) is 23.5 Å². The molecule has 0 aliphatic rings. The van der Waals surface area contributed by atoms with E-state index >= 15 is 0 Å². The number of thiazole rings is 1. The van der Waals surface area contributed by atoms with Crippen LogP contribution in [0.25, 0.3) is 0 Å². The van der Waals surface area contributed by atoms with Crippen LogP contribution in [0.2, 0.25) is 0 Å². The van der Waals surface area contributed by atoms with E-state index in [4.69, 9.17) is 5.11 Å². The molecule has 4 nitrogen and oxygen atoms in total. The van der Waals surface area contributed by atoms with Crippen molar-refractivity contribution in [3.05, 3.63) is 45.4 Å². The molecule has 0 aliphatic carbocycles. The summed E-state index contributed by atoms with van der Waals surface area (Å²) in [4.78, 5) is 16.9. The monoisotopic (exact) mass is 300 g/mol. The van der Waals surface area contributed by atoms with Gasteiger partial charge in [0.2, 0.25) is 0 Å². The molecule has 0 fully saturated rings. The molecule has 108 valence electrons. The smallest absolute Gasteiger partial charge is 0.267 e. The zero-order valence-corrected chi connectivity index (χ0v) is 12.8. The lowest BCUT2D eigenvalue weighted by molar-refractivity contribution is 0.103. The Morgan fingerprint density at radius 2 is 2.24 bits per heavy atom. The predicted molar refractivity (Wildman–Crippen MR) is 84.6 cm³/mol. The molecule has 1 aromatic carbocycles. The van der Waals surface area contributed by atoms with E-state index in [2.05, 4.69) is 22.1 Å². The summed E-state index contributed by atoms with van der Waals surface area (Å²) in [5.74, 6) is 5.66. The number of aromatic nitrogens is 1. The highest BCUT2D eigenvalue weighted by atomic mass is 32.1. The van der Waals surface area contributed by atoms with Crippen LogP contribution in [0.15, 0.2) is 23.7 Å². The molecule has 0 aliphatic heterocycles. The molecule has 2 N–H and O–H groups in total. The van der Waals surface area contributed by atoms with Gasteiger partial charge in [0.15, 0.2) is 0 Å². The van der Waals surface area contributed by atoms with Crippen LogP contribution >= 0.6 is 11.3 Å². The molecule has 2 rings (SSSR count). The number of hydrogen-bond donors (Lipinski definition) is 2. The summed E-state index contributed by atoms with van der Waals surface area (Å²) >= 11 is 1.32. The number of aliphatic hydroxyl groups is 1. The lowest BCUT2D eigenvalue weighted by Gasteiger charge is -2.08. The molecule has 0 bridgehead atoms. The van der Waals surface area contributed by atoms with Crippen molar-refractivity contribution in [3.63, 3.8) is 0 Å². The highest BCUT2D eigenvalue weighted by molar-refractivity contribution is 7.12. The van der Waals surface area contributed by atoms with E-state index in [1.165, 1.54) is 11.3 Å². The van der Waals surface area contributed by atoms with Gasteiger partial charge in [-0.15, -0.1) is 11.3 Å². The van der Waals surface area contributed by atoms with Crippen molar-refractivity contribution in [1.29, 1.82) is 0 Å². The third-order valence-electron chi connectivity index (χ3n) is 2.83. The maximum absolute atomic E-state index is 12.3. The van der Waals surface area contributed by atoms with Gasteiger partial charge in [0, 0.05) is 12.0 Å². The van der Waals surface area contributed by atoms with Crippen molar-refractivity contribution in [2.24, 2.45) is 0 Å². The van der Waals surface area contributed by atoms with Gasteiger partial charge in [-0.25, -0.2) is 4.98 Å². The number of benzene rings is 1. The fourth-order valence-electron chi connectivity index (χ4n) is 1.78. The maximum Gasteiger partial charge on any atom is 0.267 e. The molecule has 0 atom stereocenters. The van der Waals surface area contributed by atoms with Crippen molar-refractivity contribution in [1.82, 2.24) is 4.98 Å². The Hall–Kier alpha value is -2.16. The van der Waals surface area contributed by atoms with Gasteiger partial charge in [0.25, 0.3) is 5.91 Å². The third-order valence-corrected chi connectivity index (χ3v) is 3.76. The quantitative estimate of drug-likeness (QED) is 0.857. The number of carbonyl (C=O) groups is 1. The summed E-state index contributed by atoms with van der Waals surface area (Å²) < 4.78 is 0. The first-order valence-electron chi connectivity index (χ1n) is 6.53. The first kappa shape index (κ1) is 15.2. The first-order chi connectivity index (χ1) is 10.1. The lowest BCUT2D eigenvalue weighted by atomic mass is 10.1. The number of aliphatic hydroxyl groups excluding tert-OH is 1. The molecule has 1 heterocycles. The number of rotatable bonds is 3. The van der Waals surface area contributed by atoms with Crippen LogP contribution in [0, 0.1) is 25.7 Å². The van der Waals surface area contributed by atoms with Crippen molar-refractivity contribution in [3.8, 4) is 11.8 Å². The van der Waals surface area contributed by atoms with Crippen LogP contribution in [0.5, 0.6) is 0 Å². The Morgan fingerprint density at radius 1 is 1.43 bits per heavy atom. The van der Waals surface area contributed by atoms with Gasteiger partial charge in [-0.3, -0.25) is 4.79 Å². The van der Waals surface area contributed by atoms with Gasteiger partial charge in [0.1, 0.15) is 4.88 Å². The second-order valence-corrected chi connectivity index (χ2v) is 5.40. The van der Waals surface area contributed by atoms with Crippen LogP contribution in [0.4, 0.5) is 5.69 Å². The van der Waals surface area contributed by atoms with Gasteiger partial charge >= 0.3 is 0 Å². The predicted octanol–water partition coefficient (Wildman–Crippen LogP) is 2.75. The molecule has 2 aromatic rings. The van der Waals surface area contributed by atoms with E-state index in [1.54, 1.807) is 5.51 Å². The van der Waals surface area contributed by atoms with Crippen LogP contribution in [0.3, 0.4) is 0 Å². The molecule has 0 saturated heterocycles. The molecular formula is C16H16N2O2S. The zero-order chi connectivity index (χ0) is 15.2. The fraction of sp³-hybridized carbons (Fsp3) is 0.250. The molecule has 1 aromatic heterocycles. The summed E-state index contributed by atoms with van der Waals surface area (Å²) in [5, 5.41) is 11.7. The number of carbonyl (C=O) groups excluding carboxylic acids is 1. The van der Waals surface area contributed by atoms with E-state index < -0.39 is 0 Å². The molecule has 0 spiro atoms. The summed E-state index contributed by atoms with van der Waals surface area (Å²) in [6, 6.07) is 5.70. The maximum atomic E-state index is 12.3. The number of nitrogens with one attached hydrogen (secondary N) is 1. The van der Waals surface area contributed by atoms with E-state index in [0.29, 0.717) is 17.0 Å². The standard InChI is InChI=1S/C16H16N2O2S/c1-11-6-7-13(5-3-4-8-19)14(9-11)18-16(20)15-12(2)17-10-21-15/h6-7,9-10,19H,4,8H2,1-2H3,(H,18,20). The van der Waals surface area contributed by atoms with Crippen molar-refractivity contribution in [2.75, 3.05) is 11.9 Å². The van der Waals surface area contributed by atoms with E-state index in [-0.39, 0.29) is 12.5 Å². The number of aryl methyl sites for hydroxylation is 2. The minimum absolute atomic E-state index is 0.0284. The highest BCUT2D eigenvalue weighted by Crippen LogP contribution is 2.20. The minimum Gasteiger partial charge on any atom is -0.395 e. The van der Waals surface area contributed by atoms with Crippen LogP contribution < -0.4 is 5.32 Å². The number of anilines is 1. The van der Waals surface area contributed by atoms with Crippen molar-refractivity contribution < 1.29 is 9.90 Å². The fourth-order valence-corrected chi connectivity index (χ4v) is 2.48. The Labute approximate surface area is 127 Å². The largest absolute Gasteiger partial charge is 0.395 e. The lowest BCUT2D eigenvalue weighted by Crippen LogP contribution is -2.12. The van der Waals surface area contributed by atoms with Gasteiger partial charge in [-0.1, -0.05) is 17.9 Å². The molecule has 5 heteroatoms. The third kappa shape index (κ3) is 3.91. The summed E-state index contributed by atoms with van der Waals surface area (Å²) in [6.45, 7) is 3.79. The Kier molecular flexibility index (Phi) is 5.09. The number of amides is 1. The molecular weight excluding hydrogens is 284 g/mol. The van der Waals surface area contributed by atoms with Crippen molar-refractivity contribution >= 4 is 22.9 Å². The highest BCUT2D eigenvalue weighted by Gasteiger charge is 2.13. The van der Waals surface area contributed by atoms with E-state index in [9.17, 15) is 4.79 Å². The van der Waals surface area contributed by atoms with E-state index in [0.717, 1.165) is 16.8 Å². The average molecular weight is 300 g/mol. The van der Waals surface area contributed by atoms with E-state index in [1.807, 2.05) is 32.0 Å². The molecule has 21 heavy (non-hydrogen) atoms. The van der Waals surface area contributed by atoms with Gasteiger partial charge < -0.3 is 10.4 Å². The van der Waals surface area contributed by atoms with Gasteiger partial charge in [-0.05, 0) is 31.5 Å². The average Bonchev–Trinajstić information content (AvgIpc) is 2.88. The Bertz CT molecular complexity index is 711. The molecule has 0 unspecified atom stereocenters. The molecule has 0 saturated carbocycles. The SMILES string of the molecule is Cc1ccc(C#CCCO)c(NC(=O)c2scnc2C)c1. The molecule has 0 radical (unpaired) electrons. The summed E-state index contributed by atoms with van der Waals surface area (Å²) in [6.07, 6.45) is 0.412. The zero-order valence-electron chi connectivity index (χ0n) is 11.9. The number of hydrogen-bond acceptors (Lipinski definition) is 4. The Balaban J connectivity index is 2.27. The van der Waals surface area contributed by atoms with Crippen molar-refractivity contribution in [2.45, 2.75) is 20.3 Å². The normalized spacial score (nSPS) is 9.86. The summed E-state index contributed by atoms with van der Waals surface area (Å²) in [7, 11) is 0. The second-order valence-electron chi connectivity index (χ2n) is 4.55. The first-order valence-corrected chi connectivity index (χ1v) is 7.41. The number of nitrogens with zero attached hydrogens (tertiary/aromatic N) is 1. The molecule has 1 amide bonds.